The van der Waals surface area contributed by atoms with Gasteiger partial charge in [-0.1, -0.05) is 53.9 Å². The van der Waals surface area contributed by atoms with Crippen LogP contribution in [0.15, 0.2) is 0 Å². The summed E-state index contributed by atoms with van der Waals surface area (Å²) in [7, 11) is 0. The molecule has 2 saturated carbocycles. The van der Waals surface area contributed by atoms with Gasteiger partial charge in [0.15, 0.2) is 0 Å². The van der Waals surface area contributed by atoms with Crippen molar-refractivity contribution in [2.45, 2.75) is 124 Å². The third kappa shape index (κ3) is 7.61. The van der Waals surface area contributed by atoms with Gasteiger partial charge in [0.25, 0.3) is 0 Å². The SMILES string of the molecule is CC1CCC([C@@H](O)CC(C)(C)CC[C@@H](O)[C@H](O)CC2CCC(C)C[C@H]2C)CC1. The van der Waals surface area contributed by atoms with Crippen LogP contribution in [0.3, 0.4) is 0 Å². The fourth-order valence-electron chi connectivity index (χ4n) is 5.78. The maximum absolute atomic E-state index is 10.7. The summed E-state index contributed by atoms with van der Waals surface area (Å²) in [5.74, 6) is 3.25. The molecule has 0 aromatic heterocycles. The maximum Gasteiger partial charge on any atom is 0.0801 e. The van der Waals surface area contributed by atoms with Gasteiger partial charge < -0.3 is 15.3 Å². The van der Waals surface area contributed by atoms with Crippen LogP contribution in [0.5, 0.6) is 0 Å². The molecule has 0 aliphatic heterocycles. The third-order valence-corrected chi connectivity index (χ3v) is 8.08. The zero-order valence-corrected chi connectivity index (χ0v) is 19.2. The van der Waals surface area contributed by atoms with Crippen molar-refractivity contribution in [1.29, 1.82) is 0 Å². The van der Waals surface area contributed by atoms with Crippen molar-refractivity contribution in [2.75, 3.05) is 0 Å². The highest BCUT2D eigenvalue weighted by atomic mass is 16.3. The summed E-state index contributed by atoms with van der Waals surface area (Å²) in [4.78, 5) is 0. The zero-order valence-electron chi connectivity index (χ0n) is 19.2. The highest BCUT2D eigenvalue weighted by Crippen LogP contribution is 2.38. The molecule has 2 unspecified atom stereocenters. The van der Waals surface area contributed by atoms with E-state index in [9.17, 15) is 15.3 Å². The van der Waals surface area contributed by atoms with Gasteiger partial charge in [0.05, 0.1) is 18.3 Å². The molecule has 2 aliphatic rings. The minimum atomic E-state index is -0.640. The maximum atomic E-state index is 10.7. The second kappa shape index (κ2) is 10.8. The Morgan fingerprint density at radius 3 is 2.04 bits per heavy atom. The highest BCUT2D eigenvalue weighted by molar-refractivity contribution is 4.84. The summed E-state index contributed by atoms with van der Waals surface area (Å²) in [6, 6.07) is 0. The Hall–Kier alpha value is -0.120. The van der Waals surface area contributed by atoms with Crippen LogP contribution in [-0.4, -0.2) is 33.6 Å². The Labute approximate surface area is 174 Å². The molecule has 3 N–H and O–H groups in total. The first-order valence-electron chi connectivity index (χ1n) is 12.1. The van der Waals surface area contributed by atoms with E-state index in [1.165, 1.54) is 32.1 Å². The summed E-state index contributed by atoms with van der Waals surface area (Å²) in [5.41, 5.74) is -0.00323. The van der Waals surface area contributed by atoms with Crippen molar-refractivity contribution in [2.24, 2.45) is 35.0 Å². The van der Waals surface area contributed by atoms with E-state index in [0.717, 1.165) is 43.9 Å². The Morgan fingerprint density at radius 1 is 0.821 bits per heavy atom. The molecule has 28 heavy (non-hydrogen) atoms. The second-order valence-electron chi connectivity index (χ2n) is 11.5. The summed E-state index contributed by atoms with van der Waals surface area (Å²) < 4.78 is 0. The van der Waals surface area contributed by atoms with Crippen LogP contribution in [0.2, 0.25) is 0 Å². The Morgan fingerprint density at radius 2 is 1.43 bits per heavy atom. The predicted octanol–water partition coefficient (Wildman–Crippen LogP) is 5.55. The molecule has 6 atom stereocenters. The normalized spacial score (nSPS) is 35.4. The van der Waals surface area contributed by atoms with Gasteiger partial charge in [0.2, 0.25) is 0 Å². The first-order valence-corrected chi connectivity index (χ1v) is 12.1. The van der Waals surface area contributed by atoms with Crippen molar-refractivity contribution in [3.63, 3.8) is 0 Å². The average molecular weight is 397 g/mol. The number of rotatable bonds is 9. The van der Waals surface area contributed by atoms with Crippen molar-refractivity contribution in [3.8, 4) is 0 Å². The van der Waals surface area contributed by atoms with Crippen LogP contribution in [0.1, 0.15) is 105 Å². The Bertz CT molecular complexity index is 441. The van der Waals surface area contributed by atoms with E-state index in [1.807, 2.05) is 0 Å². The van der Waals surface area contributed by atoms with E-state index < -0.39 is 12.2 Å². The molecule has 2 rings (SSSR count). The fourth-order valence-corrected chi connectivity index (χ4v) is 5.78. The summed E-state index contributed by atoms with van der Waals surface area (Å²) in [6.45, 7) is 11.3. The van der Waals surface area contributed by atoms with Crippen LogP contribution < -0.4 is 0 Å². The molecule has 166 valence electrons. The fraction of sp³-hybridized carbons (Fsp3) is 1.00. The van der Waals surface area contributed by atoms with Gasteiger partial charge in [-0.05, 0) is 86.4 Å². The molecule has 0 bridgehead atoms. The van der Waals surface area contributed by atoms with Gasteiger partial charge >= 0.3 is 0 Å². The number of hydrogen-bond acceptors (Lipinski definition) is 3. The molecule has 3 nitrogen and oxygen atoms in total. The van der Waals surface area contributed by atoms with E-state index in [-0.39, 0.29) is 11.5 Å². The molecule has 3 heteroatoms. The topological polar surface area (TPSA) is 60.7 Å². The van der Waals surface area contributed by atoms with Gasteiger partial charge in [-0.15, -0.1) is 0 Å². The number of hydrogen-bond donors (Lipinski definition) is 3. The summed E-state index contributed by atoms with van der Waals surface area (Å²) in [5, 5.41) is 31.8. The molecule has 0 radical (unpaired) electrons. The highest BCUT2D eigenvalue weighted by Gasteiger charge is 2.32. The summed E-state index contributed by atoms with van der Waals surface area (Å²) in [6.07, 6.45) is 10.0. The first kappa shape index (κ1) is 24.2. The second-order valence-corrected chi connectivity index (χ2v) is 11.5. The smallest absolute Gasteiger partial charge is 0.0801 e. The van der Waals surface area contributed by atoms with E-state index in [0.29, 0.717) is 24.2 Å². The average Bonchev–Trinajstić information content (AvgIpc) is 2.62. The lowest BCUT2D eigenvalue weighted by atomic mass is 9.72. The van der Waals surface area contributed by atoms with Crippen LogP contribution in [0, 0.1) is 35.0 Å². The van der Waals surface area contributed by atoms with Crippen molar-refractivity contribution in [1.82, 2.24) is 0 Å². The van der Waals surface area contributed by atoms with Crippen LogP contribution in [0.25, 0.3) is 0 Å². The number of aliphatic hydroxyl groups is 3. The monoisotopic (exact) mass is 396 g/mol. The Balaban J connectivity index is 1.72. The van der Waals surface area contributed by atoms with Crippen LogP contribution in [0.4, 0.5) is 0 Å². The van der Waals surface area contributed by atoms with E-state index in [1.54, 1.807) is 0 Å². The molecule has 2 fully saturated rings. The lowest BCUT2D eigenvalue weighted by molar-refractivity contribution is -0.0199. The standard InChI is InChI=1S/C25H48O3/c1-17-6-9-20(10-7-17)24(28)16-25(4,5)13-12-22(26)23(27)15-21-11-8-18(2)14-19(21)3/h17-24,26-28H,6-16H2,1-5H3/t17?,18?,19-,20?,21?,22-,23-,24+/m1/s1. The van der Waals surface area contributed by atoms with Crippen LogP contribution >= 0.6 is 0 Å². The van der Waals surface area contributed by atoms with E-state index in [2.05, 4.69) is 34.6 Å². The first-order chi connectivity index (χ1) is 13.1. The quantitative estimate of drug-likeness (QED) is 0.478. The minimum absolute atomic E-state index is 0.00323. The van der Waals surface area contributed by atoms with Crippen molar-refractivity contribution in [3.05, 3.63) is 0 Å². The molecule has 0 amide bonds. The Kier molecular flexibility index (Phi) is 9.29. The molecular weight excluding hydrogens is 348 g/mol. The molecular formula is C25H48O3. The van der Waals surface area contributed by atoms with Crippen molar-refractivity contribution < 1.29 is 15.3 Å². The van der Waals surface area contributed by atoms with Crippen LogP contribution in [-0.2, 0) is 0 Å². The molecule has 0 aromatic carbocycles. The summed E-state index contributed by atoms with van der Waals surface area (Å²) >= 11 is 0. The van der Waals surface area contributed by atoms with Gasteiger partial charge in [-0.2, -0.15) is 0 Å². The van der Waals surface area contributed by atoms with E-state index in [4.69, 9.17) is 0 Å². The molecule has 0 saturated heterocycles. The predicted molar refractivity (Wildman–Crippen MR) is 117 cm³/mol. The number of aliphatic hydroxyl groups excluding tert-OH is 3. The third-order valence-electron chi connectivity index (χ3n) is 8.08. The molecule has 0 aromatic rings. The van der Waals surface area contributed by atoms with E-state index >= 15 is 0 Å². The van der Waals surface area contributed by atoms with Gasteiger partial charge in [-0.25, -0.2) is 0 Å². The lowest BCUT2D eigenvalue weighted by Gasteiger charge is -2.36. The zero-order chi connectivity index (χ0) is 20.9. The molecule has 0 spiro atoms. The largest absolute Gasteiger partial charge is 0.393 e. The van der Waals surface area contributed by atoms with Gasteiger partial charge in [-0.3, -0.25) is 0 Å². The minimum Gasteiger partial charge on any atom is -0.393 e. The van der Waals surface area contributed by atoms with Gasteiger partial charge in [0, 0.05) is 0 Å². The van der Waals surface area contributed by atoms with Crippen molar-refractivity contribution >= 4 is 0 Å². The lowest BCUT2D eigenvalue weighted by Crippen LogP contribution is -2.34. The van der Waals surface area contributed by atoms with Gasteiger partial charge in [0.1, 0.15) is 0 Å². The molecule has 2 aliphatic carbocycles. The molecule has 0 heterocycles.